The van der Waals surface area contributed by atoms with Crippen molar-refractivity contribution in [2.75, 3.05) is 29.9 Å². The molecule has 0 saturated carbocycles. The van der Waals surface area contributed by atoms with Crippen molar-refractivity contribution in [3.63, 3.8) is 0 Å². The summed E-state index contributed by atoms with van der Waals surface area (Å²) < 4.78 is 5.46. The van der Waals surface area contributed by atoms with Gasteiger partial charge in [-0.2, -0.15) is 0 Å². The summed E-state index contributed by atoms with van der Waals surface area (Å²) in [7, 11) is 0. The van der Waals surface area contributed by atoms with Gasteiger partial charge in [-0.1, -0.05) is 12.1 Å². The van der Waals surface area contributed by atoms with E-state index < -0.39 is 0 Å². The molecule has 0 bridgehead atoms. The highest BCUT2D eigenvalue weighted by Gasteiger charge is 2.12. The van der Waals surface area contributed by atoms with Crippen molar-refractivity contribution in [1.82, 2.24) is 5.32 Å². The predicted octanol–water partition coefficient (Wildman–Crippen LogP) is 5.12. The first-order valence-electron chi connectivity index (χ1n) is 9.81. The van der Waals surface area contributed by atoms with Crippen molar-refractivity contribution in [3.05, 3.63) is 54.1 Å². The van der Waals surface area contributed by atoms with Crippen LogP contribution in [-0.4, -0.2) is 24.8 Å². The van der Waals surface area contributed by atoms with Crippen molar-refractivity contribution in [2.45, 2.75) is 39.2 Å². The molecular formula is C22H29N3OS. The molecule has 0 spiro atoms. The number of benzene rings is 2. The Kier molecular flexibility index (Phi) is 6.93. The predicted molar refractivity (Wildman–Crippen MR) is 118 cm³/mol. The van der Waals surface area contributed by atoms with Crippen LogP contribution in [0.15, 0.2) is 48.5 Å². The fourth-order valence-corrected chi connectivity index (χ4v) is 3.67. The van der Waals surface area contributed by atoms with Gasteiger partial charge in [-0.25, -0.2) is 0 Å². The van der Waals surface area contributed by atoms with Gasteiger partial charge >= 0.3 is 0 Å². The van der Waals surface area contributed by atoms with Crippen molar-refractivity contribution < 1.29 is 4.74 Å². The molecule has 0 unspecified atom stereocenters. The first-order valence-corrected chi connectivity index (χ1v) is 10.2. The maximum atomic E-state index is 5.46. The highest BCUT2D eigenvalue weighted by atomic mass is 32.1. The van der Waals surface area contributed by atoms with Gasteiger partial charge in [-0.05, 0) is 87.3 Å². The summed E-state index contributed by atoms with van der Waals surface area (Å²) in [5, 5.41) is 7.21. The second-order valence-electron chi connectivity index (χ2n) is 6.92. The van der Waals surface area contributed by atoms with Gasteiger partial charge in [-0.15, -0.1) is 0 Å². The summed E-state index contributed by atoms with van der Waals surface area (Å²) in [6.07, 6.45) is 3.95. The summed E-state index contributed by atoms with van der Waals surface area (Å²) >= 11 is 5.46. The maximum absolute atomic E-state index is 5.46. The van der Waals surface area contributed by atoms with E-state index in [-0.39, 0.29) is 6.04 Å². The fourth-order valence-electron chi connectivity index (χ4n) is 3.37. The van der Waals surface area contributed by atoms with Crippen LogP contribution in [0.25, 0.3) is 0 Å². The van der Waals surface area contributed by atoms with Crippen molar-refractivity contribution in [2.24, 2.45) is 0 Å². The van der Waals surface area contributed by atoms with Crippen LogP contribution in [-0.2, 0) is 0 Å². The third kappa shape index (κ3) is 5.60. The second-order valence-corrected chi connectivity index (χ2v) is 7.33. The third-order valence-electron chi connectivity index (χ3n) is 4.89. The van der Waals surface area contributed by atoms with Crippen LogP contribution < -0.4 is 20.3 Å². The van der Waals surface area contributed by atoms with Crippen LogP contribution in [0.3, 0.4) is 0 Å². The van der Waals surface area contributed by atoms with E-state index in [2.05, 4.69) is 46.7 Å². The molecule has 1 saturated heterocycles. The summed E-state index contributed by atoms with van der Waals surface area (Å²) in [6, 6.07) is 16.8. The summed E-state index contributed by atoms with van der Waals surface area (Å²) in [5.74, 6) is 0.865. The van der Waals surface area contributed by atoms with Crippen molar-refractivity contribution in [3.8, 4) is 5.75 Å². The topological polar surface area (TPSA) is 36.5 Å². The van der Waals surface area contributed by atoms with Gasteiger partial charge in [0.2, 0.25) is 0 Å². The van der Waals surface area contributed by atoms with Gasteiger partial charge < -0.3 is 20.3 Å². The number of thiocarbonyl (C=S) groups is 1. The van der Waals surface area contributed by atoms with Crippen LogP contribution in [0.4, 0.5) is 11.4 Å². The Bertz CT molecular complexity index is 724. The molecule has 0 aromatic heterocycles. The zero-order valence-corrected chi connectivity index (χ0v) is 17.0. The molecule has 144 valence electrons. The van der Waals surface area contributed by atoms with E-state index in [0.29, 0.717) is 11.7 Å². The van der Waals surface area contributed by atoms with Gasteiger partial charge in [0.1, 0.15) is 5.75 Å². The minimum atomic E-state index is 0.142. The standard InChI is InChI=1S/C22H29N3OS/c1-3-26-21-13-9-19(10-14-21)24-22(27)23-17(2)18-7-11-20(12-8-18)25-15-5-4-6-16-25/h7-14,17H,3-6,15-16H2,1-2H3,(H2,23,24,27)/t17-/m0/s1. The normalized spacial score (nSPS) is 15.1. The van der Waals surface area contributed by atoms with Gasteiger partial charge in [0.15, 0.2) is 5.11 Å². The van der Waals surface area contributed by atoms with Crippen LogP contribution in [0.5, 0.6) is 5.75 Å². The Labute approximate surface area is 167 Å². The smallest absolute Gasteiger partial charge is 0.171 e. The molecule has 4 nitrogen and oxygen atoms in total. The molecule has 5 heteroatoms. The number of hydrogen-bond donors (Lipinski definition) is 2. The minimum Gasteiger partial charge on any atom is -0.494 e. The zero-order chi connectivity index (χ0) is 19.1. The molecule has 1 atom stereocenters. The molecule has 1 fully saturated rings. The monoisotopic (exact) mass is 383 g/mol. The number of rotatable bonds is 6. The van der Waals surface area contributed by atoms with Gasteiger partial charge in [0.25, 0.3) is 0 Å². The summed E-state index contributed by atoms with van der Waals surface area (Å²) in [4.78, 5) is 2.48. The number of ether oxygens (including phenoxy) is 1. The van der Waals surface area contributed by atoms with Gasteiger partial charge in [-0.3, -0.25) is 0 Å². The lowest BCUT2D eigenvalue weighted by molar-refractivity contribution is 0.340. The van der Waals surface area contributed by atoms with E-state index in [1.54, 1.807) is 0 Å². The number of nitrogens with zero attached hydrogens (tertiary/aromatic N) is 1. The SMILES string of the molecule is CCOc1ccc(NC(=S)N[C@@H](C)c2ccc(N3CCCCC3)cc2)cc1. The van der Waals surface area contributed by atoms with Crippen LogP contribution in [0.1, 0.15) is 44.7 Å². The van der Waals surface area contributed by atoms with Crippen molar-refractivity contribution in [1.29, 1.82) is 0 Å². The fraction of sp³-hybridized carbons (Fsp3) is 0.409. The van der Waals surface area contributed by atoms with E-state index >= 15 is 0 Å². The number of piperidine rings is 1. The molecule has 2 aromatic carbocycles. The molecule has 3 rings (SSSR count). The summed E-state index contributed by atoms with van der Waals surface area (Å²) in [5.41, 5.74) is 3.50. The number of hydrogen-bond acceptors (Lipinski definition) is 3. The lowest BCUT2D eigenvalue weighted by Crippen LogP contribution is -2.31. The highest BCUT2D eigenvalue weighted by molar-refractivity contribution is 7.80. The molecule has 0 radical (unpaired) electrons. The minimum absolute atomic E-state index is 0.142. The molecule has 1 aliphatic heterocycles. The first kappa shape index (κ1) is 19.5. The molecule has 0 aliphatic carbocycles. The quantitative estimate of drug-likeness (QED) is 0.677. The molecule has 2 aromatic rings. The Hall–Kier alpha value is -2.27. The second kappa shape index (κ2) is 9.60. The maximum Gasteiger partial charge on any atom is 0.171 e. The average Bonchev–Trinajstić information content (AvgIpc) is 2.70. The van der Waals surface area contributed by atoms with Gasteiger partial charge in [0, 0.05) is 24.5 Å². The molecule has 1 aliphatic rings. The van der Waals surface area contributed by atoms with E-state index in [9.17, 15) is 0 Å². The Morgan fingerprint density at radius 3 is 2.33 bits per heavy atom. The van der Waals surface area contributed by atoms with Crippen LogP contribution in [0, 0.1) is 0 Å². The van der Waals surface area contributed by atoms with E-state index in [4.69, 9.17) is 17.0 Å². The van der Waals surface area contributed by atoms with E-state index in [1.165, 1.54) is 43.6 Å². The molecule has 27 heavy (non-hydrogen) atoms. The number of anilines is 2. The summed E-state index contributed by atoms with van der Waals surface area (Å²) in [6.45, 7) is 7.11. The molecule has 1 heterocycles. The highest BCUT2D eigenvalue weighted by Crippen LogP contribution is 2.22. The third-order valence-corrected chi connectivity index (χ3v) is 5.11. The number of nitrogens with one attached hydrogen (secondary N) is 2. The van der Waals surface area contributed by atoms with E-state index in [0.717, 1.165) is 11.4 Å². The molecular weight excluding hydrogens is 354 g/mol. The van der Waals surface area contributed by atoms with Crippen LogP contribution in [0.2, 0.25) is 0 Å². The Morgan fingerprint density at radius 1 is 1.04 bits per heavy atom. The van der Waals surface area contributed by atoms with E-state index in [1.807, 2.05) is 31.2 Å². The zero-order valence-electron chi connectivity index (χ0n) is 16.2. The van der Waals surface area contributed by atoms with Crippen molar-refractivity contribution >= 4 is 28.7 Å². The Morgan fingerprint density at radius 2 is 1.70 bits per heavy atom. The average molecular weight is 384 g/mol. The largest absolute Gasteiger partial charge is 0.494 e. The Balaban J connectivity index is 1.52. The molecule has 0 amide bonds. The first-order chi connectivity index (χ1) is 13.2. The lowest BCUT2D eigenvalue weighted by atomic mass is 10.1. The van der Waals surface area contributed by atoms with Crippen LogP contribution >= 0.6 is 12.2 Å². The van der Waals surface area contributed by atoms with Gasteiger partial charge in [0.05, 0.1) is 12.6 Å². The lowest BCUT2D eigenvalue weighted by Gasteiger charge is -2.29. The molecule has 2 N–H and O–H groups in total.